The van der Waals surface area contributed by atoms with E-state index in [9.17, 15) is 4.79 Å². The minimum Gasteiger partial charge on any atom is -0.325 e. The van der Waals surface area contributed by atoms with E-state index >= 15 is 0 Å². The molecule has 0 unspecified atom stereocenters. The first-order valence-electron chi connectivity index (χ1n) is 9.99. The number of nitrogens with zero attached hydrogens (tertiary/aromatic N) is 4. The van der Waals surface area contributed by atoms with E-state index in [0.717, 1.165) is 48.1 Å². The van der Waals surface area contributed by atoms with Crippen LogP contribution in [0, 0.1) is 6.92 Å². The van der Waals surface area contributed by atoms with Crippen LogP contribution in [0.3, 0.4) is 0 Å². The van der Waals surface area contributed by atoms with E-state index in [1.807, 2.05) is 39.0 Å². The molecule has 2 aromatic heterocycles. The number of hydrogen-bond donors (Lipinski definition) is 1. The van der Waals surface area contributed by atoms with E-state index in [4.69, 9.17) is 16.6 Å². The minimum absolute atomic E-state index is 0.114. The summed E-state index contributed by atoms with van der Waals surface area (Å²) >= 11 is 5.93. The number of carbonyl (C=O) groups is 1. The number of anilines is 3. The third-order valence-electron chi connectivity index (χ3n) is 5.38. The molecule has 3 aromatic rings. The zero-order valence-corrected chi connectivity index (χ0v) is 18.1. The normalized spacial score (nSPS) is 13.7. The average Bonchev–Trinajstić information content (AvgIpc) is 2.74. The van der Waals surface area contributed by atoms with Crippen LogP contribution in [0.1, 0.15) is 37.5 Å². The number of aromatic nitrogens is 3. The number of halogens is 1. The third-order valence-corrected chi connectivity index (χ3v) is 5.64. The first-order chi connectivity index (χ1) is 14.3. The van der Waals surface area contributed by atoms with Crippen molar-refractivity contribution in [3.8, 4) is 0 Å². The number of pyridine rings is 1. The molecule has 1 N–H and O–H groups in total. The van der Waals surface area contributed by atoms with Gasteiger partial charge in [-0.25, -0.2) is 9.97 Å². The van der Waals surface area contributed by atoms with Crippen LogP contribution in [0.4, 0.5) is 17.2 Å². The second-order valence-electron chi connectivity index (χ2n) is 7.97. The number of carbonyl (C=O) groups excluding carboxylic acids is 1. The molecule has 1 aromatic carbocycles. The number of nitrogens with one attached hydrogen (secondary N) is 1. The number of aryl methyl sites for hydroxylation is 2. The second-order valence-corrected chi connectivity index (χ2v) is 8.40. The van der Waals surface area contributed by atoms with Crippen LogP contribution in [0.5, 0.6) is 0 Å². The standard InChI is InChI=1S/C23H24ClN5O/c1-15-25-13-12-21(26-15)29-14-4-5-18-19(29)10-11-20(28-18)23(2,3)22(30)27-17-8-6-16(24)7-9-17/h6-13H,4-5,14H2,1-3H3,(H,27,30). The molecule has 1 aliphatic heterocycles. The Morgan fingerprint density at radius 3 is 2.60 bits per heavy atom. The molecule has 6 nitrogen and oxygen atoms in total. The highest BCUT2D eigenvalue weighted by atomic mass is 35.5. The highest BCUT2D eigenvalue weighted by Gasteiger charge is 2.33. The Balaban J connectivity index is 1.61. The van der Waals surface area contributed by atoms with Gasteiger partial charge in [-0.1, -0.05) is 11.6 Å². The predicted octanol–water partition coefficient (Wildman–Crippen LogP) is 4.83. The summed E-state index contributed by atoms with van der Waals surface area (Å²) in [5.41, 5.74) is 2.69. The molecule has 3 heterocycles. The van der Waals surface area contributed by atoms with Gasteiger partial charge in [0.15, 0.2) is 0 Å². The van der Waals surface area contributed by atoms with E-state index in [-0.39, 0.29) is 5.91 Å². The predicted molar refractivity (Wildman–Crippen MR) is 119 cm³/mol. The molecule has 1 aliphatic rings. The molecule has 1 amide bonds. The Morgan fingerprint density at radius 1 is 1.10 bits per heavy atom. The van der Waals surface area contributed by atoms with Crippen molar-refractivity contribution in [1.29, 1.82) is 0 Å². The molecule has 0 radical (unpaired) electrons. The molecule has 0 atom stereocenters. The van der Waals surface area contributed by atoms with Crippen LogP contribution in [-0.2, 0) is 16.6 Å². The van der Waals surface area contributed by atoms with Gasteiger partial charge in [0, 0.05) is 23.5 Å². The van der Waals surface area contributed by atoms with Crippen molar-refractivity contribution in [1.82, 2.24) is 15.0 Å². The lowest BCUT2D eigenvalue weighted by atomic mass is 9.87. The molecule has 0 saturated carbocycles. The molecule has 30 heavy (non-hydrogen) atoms. The molecule has 0 saturated heterocycles. The number of amides is 1. The molecular weight excluding hydrogens is 398 g/mol. The van der Waals surface area contributed by atoms with Crippen molar-refractivity contribution in [3.05, 3.63) is 70.9 Å². The largest absolute Gasteiger partial charge is 0.325 e. The zero-order valence-electron chi connectivity index (χ0n) is 17.3. The number of fused-ring (bicyclic) bond motifs is 1. The topological polar surface area (TPSA) is 71.0 Å². The highest BCUT2D eigenvalue weighted by Crippen LogP contribution is 2.34. The maximum absolute atomic E-state index is 13.0. The Labute approximate surface area is 181 Å². The van der Waals surface area contributed by atoms with Gasteiger partial charge in [-0.3, -0.25) is 9.78 Å². The van der Waals surface area contributed by atoms with Gasteiger partial charge in [0.2, 0.25) is 5.91 Å². The van der Waals surface area contributed by atoms with E-state index in [1.165, 1.54) is 0 Å². The Hall–Kier alpha value is -2.99. The summed E-state index contributed by atoms with van der Waals surface area (Å²) < 4.78 is 0. The summed E-state index contributed by atoms with van der Waals surface area (Å²) in [5, 5.41) is 3.60. The molecule has 0 fully saturated rings. The molecule has 7 heteroatoms. The molecule has 0 spiro atoms. The summed E-state index contributed by atoms with van der Waals surface area (Å²) in [5.74, 6) is 1.50. The van der Waals surface area contributed by atoms with Crippen molar-refractivity contribution in [2.75, 3.05) is 16.8 Å². The monoisotopic (exact) mass is 421 g/mol. The number of benzene rings is 1. The van der Waals surface area contributed by atoms with Gasteiger partial charge in [-0.05, 0) is 76.1 Å². The van der Waals surface area contributed by atoms with Crippen molar-refractivity contribution in [2.45, 2.75) is 39.0 Å². The van der Waals surface area contributed by atoms with Crippen LogP contribution < -0.4 is 10.2 Å². The first kappa shape index (κ1) is 20.3. The fourth-order valence-electron chi connectivity index (χ4n) is 3.57. The quantitative estimate of drug-likeness (QED) is 0.653. The van der Waals surface area contributed by atoms with Gasteiger partial charge >= 0.3 is 0 Å². The Bertz CT molecular complexity index is 1080. The zero-order chi connectivity index (χ0) is 21.3. The van der Waals surface area contributed by atoms with Gasteiger partial charge < -0.3 is 10.2 Å². The lowest BCUT2D eigenvalue weighted by Crippen LogP contribution is -2.36. The SMILES string of the molecule is Cc1nccc(N2CCCc3nc(C(C)(C)C(=O)Nc4ccc(Cl)cc4)ccc32)n1. The summed E-state index contributed by atoms with van der Waals surface area (Å²) in [7, 11) is 0. The highest BCUT2D eigenvalue weighted by molar-refractivity contribution is 6.30. The summed E-state index contributed by atoms with van der Waals surface area (Å²) in [4.78, 5) is 28.8. The molecule has 154 valence electrons. The van der Waals surface area contributed by atoms with Crippen LogP contribution in [0.25, 0.3) is 0 Å². The fourth-order valence-corrected chi connectivity index (χ4v) is 3.69. The van der Waals surface area contributed by atoms with E-state index in [2.05, 4.69) is 20.2 Å². The van der Waals surface area contributed by atoms with Crippen molar-refractivity contribution < 1.29 is 4.79 Å². The van der Waals surface area contributed by atoms with Gasteiger partial charge in [0.05, 0.1) is 22.5 Å². The summed E-state index contributed by atoms with van der Waals surface area (Å²) in [6, 6.07) is 13.0. The maximum Gasteiger partial charge on any atom is 0.236 e. The Kier molecular flexibility index (Phi) is 5.43. The molecular formula is C23H24ClN5O. The first-order valence-corrected chi connectivity index (χ1v) is 10.4. The fraction of sp³-hybridized carbons (Fsp3) is 0.304. The van der Waals surface area contributed by atoms with Gasteiger partial charge in [-0.2, -0.15) is 0 Å². The van der Waals surface area contributed by atoms with Gasteiger partial charge in [0.25, 0.3) is 0 Å². The third kappa shape index (κ3) is 4.00. The van der Waals surface area contributed by atoms with Gasteiger partial charge in [-0.15, -0.1) is 0 Å². The summed E-state index contributed by atoms with van der Waals surface area (Å²) in [6.07, 6.45) is 3.63. The van der Waals surface area contributed by atoms with Crippen LogP contribution >= 0.6 is 11.6 Å². The smallest absolute Gasteiger partial charge is 0.236 e. The second kappa shape index (κ2) is 8.03. The molecule has 0 aliphatic carbocycles. The van der Waals surface area contributed by atoms with E-state index in [0.29, 0.717) is 10.7 Å². The minimum atomic E-state index is -0.789. The lowest BCUT2D eigenvalue weighted by molar-refractivity contribution is -0.120. The van der Waals surface area contributed by atoms with E-state index < -0.39 is 5.41 Å². The van der Waals surface area contributed by atoms with Crippen LogP contribution in [0.2, 0.25) is 5.02 Å². The number of hydrogen-bond acceptors (Lipinski definition) is 5. The van der Waals surface area contributed by atoms with Gasteiger partial charge in [0.1, 0.15) is 11.6 Å². The van der Waals surface area contributed by atoms with E-state index in [1.54, 1.807) is 30.5 Å². The van der Waals surface area contributed by atoms with Crippen molar-refractivity contribution >= 4 is 34.7 Å². The van der Waals surface area contributed by atoms with Crippen LogP contribution in [-0.4, -0.2) is 27.4 Å². The molecule has 0 bridgehead atoms. The van der Waals surface area contributed by atoms with Crippen molar-refractivity contribution in [3.63, 3.8) is 0 Å². The lowest BCUT2D eigenvalue weighted by Gasteiger charge is -2.31. The number of rotatable bonds is 4. The molecule has 4 rings (SSSR count). The maximum atomic E-state index is 13.0. The van der Waals surface area contributed by atoms with Crippen molar-refractivity contribution in [2.24, 2.45) is 0 Å². The Morgan fingerprint density at radius 2 is 1.87 bits per heavy atom. The average molecular weight is 422 g/mol. The summed E-state index contributed by atoms with van der Waals surface area (Å²) in [6.45, 7) is 6.55. The van der Waals surface area contributed by atoms with Crippen LogP contribution in [0.15, 0.2) is 48.7 Å².